The standard InChI is InChI=1S/C20H14F2N4O3/c1-26-9-10-7-11(5-6-12(10)19(26)27)23-16-8-15(24-25-18(16)20(28)29)17-13(21)3-2-4-14(17)22/h2-8H,9H2,1H3,(H,23,24)(H,28,29). The minimum absolute atomic E-state index is 0.0165. The van der Waals surface area contributed by atoms with Gasteiger partial charge in [-0.15, -0.1) is 10.2 Å². The SMILES string of the molecule is CN1Cc2cc(Nc3cc(-c4c(F)cccc4F)nnc3C(=O)O)ccc2C1=O. The highest BCUT2D eigenvalue weighted by Gasteiger charge is 2.25. The fourth-order valence-corrected chi connectivity index (χ4v) is 3.21. The molecule has 7 nitrogen and oxygen atoms in total. The molecule has 9 heteroatoms. The van der Waals surface area contributed by atoms with Gasteiger partial charge in [0.1, 0.15) is 17.3 Å². The second-order valence-electron chi connectivity index (χ2n) is 6.55. The first-order chi connectivity index (χ1) is 13.8. The van der Waals surface area contributed by atoms with Crippen LogP contribution in [0.2, 0.25) is 0 Å². The molecule has 0 aliphatic carbocycles. The van der Waals surface area contributed by atoms with Crippen LogP contribution in [0.1, 0.15) is 26.4 Å². The Hall–Kier alpha value is -3.88. The molecule has 1 aliphatic heterocycles. The zero-order chi connectivity index (χ0) is 20.7. The third kappa shape index (κ3) is 3.27. The van der Waals surface area contributed by atoms with Crippen molar-refractivity contribution in [3.63, 3.8) is 0 Å². The summed E-state index contributed by atoms with van der Waals surface area (Å²) >= 11 is 0. The first-order valence-corrected chi connectivity index (χ1v) is 8.56. The van der Waals surface area contributed by atoms with Gasteiger partial charge in [-0.05, 0) is 42.0 Å². The number of fused-ring (bicyclic) bond motifs is 1. The highest BCUT2D eigenvalue weighted by Crippen LogP contribution is 2.30. The Morgan fingerprint density at radius 1 is 1.14 bits per heavy atom. The Morgan fingerprint density at radius 3 is 2.55 bits per heavy atom. The number of aromatic nitrogens is 2. The molecule has 2 N–H and O–H groups in total. The highest BCUT2D eigenvalue weighted by atomic mass is 19.1. The van der Waals surface area contributed by atoms with Crippen molar-refractivity contribution < 1.29 is 23.5 Å². The summed E-state index contributed by atoms with van der Waals surface area (Å²) in [5.74, 6) is -3.13. The molecule has 29 heavy (non-hydrogen) atoms. The van der Waals surface area contributed by atoms with Crippen molar-refractivity contribution in [3.8, 4) is 11.3 Å². The number of nitrogens with zero attached hydrogens (tertiary/aromatic N) is 3. The average molecular weight is 396 g/mol. The van der Waals surface area contributed by atoms with Crippen LogP contribution in [0.3, 0.4) is 0 Å². The molecule has 0 radical (unpaired) electrons. The average Bonchev–Trinajstić information content (AvgIpc) is 2.95. The summed E-state index contributed by atoms with van der Waals surface area (Å²) in [5.41, 5.74) is 0.912. The van der Waals surface area contributed by atoms with E-state index in [0.717, 1.165) is 17.7 Å². The van der Waals surface area contributed by atoms with Gasteiger partial charge >= 0.3 is 5.97 Å². The fraction of sp³-hybridized carbons (Fsp3) is 0.100. The minimum Gasteiger partial charge on any atom is -0.476 e. The number of aromatic carboxylic acids is 1. The number of carboxylic acids is 1. The number of carboxylic acid groups (broad SMARTS) is 1. The second-order valence-corrected chi connectivity index (χ2v) is 6.55. The van der Waals surface area contributed by atoms with Gasteiger partial charge in [0.15, 0.2) is 5.69 Å². The van der Waals surface area contributed by atoms with Crippen LogP contribution in [-0.4, -0.2) is 39.1 Å². The molecule has 4 rings (SSSR count). The topological polar surface area (TPSA) is 95.4 Å². The molecule has 2 heterocycles. The predicted molar refractivity (Wildman–Crippen MR) is 99.9 cm³/mol. The lowest BCUT2D eigenvalue weighted by Gasteiger charge is -2.12. The summed E-state index contributed by atoms with van der Waals surface area (Å²) in [6.07, 6.45) is 0. The molecule has 0 atom stereocenters. The number of hydrogen-bond donors (Lipinski definition) is 2. The number of benzene rings is 2. The van der Waals surface area contributed by atoms with Crippen molar-refractivity contribution in [3.05, 3.63) is 70.9 Å². The predicted octanol–water partition coefficient (Wildman–Crippen LogP) is 3.45. The van der Waals surface area contributed by atoms with E-state index >= 15 is 0 Å². The normalized spacial score (nSPS) is 12.8. The number of halogens is 2. The smallest absolute Gasteiger partial charge is 0.358 e. The van der Waals surface area contributed by atoms with Crippen LogP contribution in [0.5, 0.6) is 0 Å². The quantitative estimate of drug-likeness (QED) is 0.701. The fourth-order valence-electron chi connectivity index (χ4n) is 3.21. The lowest BCUT2D eigenvalue weighted by Crippen LogP contribution is -2.17. The number of nitrogens with one attached hydrogen (secondary N) is 1. The number of amides is 1. The van der Waals surface area contributed by atoms with E-state index in [0.29, 0.717) is 17.8 Å². The highest BCUT2D eigenvalue weighted by molar-refractivity contribution is 5.99. The molecule has 2 aromatic carbocycles. The van der Waals surface area contributed by atoms with Gasteiger partial charge in [-0.3, -0.25) is 4.79 Å². The third-order valence-electron chi connectivity index (χ3n) is 4.58. The van der Waals surface area contributed by atoms with E-state index in [1.54, 1.807) is 30.1 Å². The van der Waals surface area contributed by atoms with Gasteiger partial charge in [0, 0.05) is 24.8 Å². The Kier molecular flexibility index (Phi) is 4.42. The number of hydrogen-bond acceptors (Lipinski definition) is 5. The van der Waals surface area contributed by atoms with E-state index in [-0.39, 0.29) is 17.3 Å². The van der Waals surface area contributed by atoms with Crippen molar-refractivity contribution in [2.45, 2.75) is 6.54 Å². The van der Waals surface area contributed by atoms with Crippen LogP contribution in [0, 0.1) is 11.6 Å². The maximum absolute atomic E-state index is 14.1. The van der Waals surface area contributed by atoms with Gasteiger partial charge in [-0.1, -0.05) is 6.07 Å². The van der Waals surface area contributed by atoms with E-state index < -0.39 is 28.9 Å². The molecule has 0 bridgehead atoms. The minimum atomic E-state index is -1.35. The number of carbonyl (C=O) groups excluding carboxylic acids is 1. The van der Waals surface area contributed by atoms with Crippen molar-refractivity contribution >= 4 is 23.3 Å². The van der Waals surface area contributed by atoms with Crippen LogP contribution in [-0.2, 0) is 6.54 Å². The molecule has 0 saturated carbocycles. The van der Waals surface area contributed by atoms with Gasteiger partial charge in [0.2, 0.25) is 0 Å². The molecule has 1 amide bonds. The Bertz CT molecular complexity index is 1150. The van der Waals surface area contributed by atoms with Crippen LogP contribution < -0.4 is 5.32 Å². The molecular formula is C20H14F2N4O3. The van der Waals surface area contributed by atoms with Gasteiger partial charge in [0.05, 0.1) is 11.3 Å². The molecule has 1 aliphatic rings. The van der Waals surface area contributed by atoms with E-state index in [4.69, 9.17) is 0 Å². The van der Waals surface area contributed by atoms with Crippen LogP contribution in [0.25, 0.3) is 11.3 Å². The molecule has 3 aromatic rings. The second kappa shape index (κ2) is 6.93. The van der Waals surface area contributed by atoms with Gasteiger partial charge < -0.3 is 15.3 Å². The van der Waals surface area contributed by atoms with Crippen molar-refractivity contribution in [2.24, 2.45) is 0 Å². The maximum Gasteiger partial charge on any atom is 0.358 e. The van der Waals surface area contributed by atoms with E-state index in [9.17, 15) is 23.5 Å². The Morgan fingerprint density at radius 2 is 1.86 bits per heavy atom. The summed E-state index contributed by atoms with van der Waals surface area (Å²) in [5, 5.41) is 19.6. The molecular weight excluding hydrogens is 382 g/mol. The monoisotopic (exact) mass is 396 g/mol. The molecule has 1 aromatic heterocycles. The molecule has 0 fully saturated rings. The lowest BCUT2D eigenvalue weighted by atomic mass is 10.1. The largest absolute Gasteiger partial charge is 0.476 e. The van der Waals surface area contributed by atoms with E-state index in [1.165, 1.54) is 12.1 Å². The first-order valence-electron chi connectivity index (χ1n) is 8.56. The van der Waals surface area contributed by atoms with E-state index in [2.05, 4.69) is 15.5 Å². The zero-order valence-corrected chi connectivity index (χ0v) is 15.1. The van der Waals surface area contributed by atoms with Crippen molar-refractivity contribution in [1.82, 2.24) is 15.1 Å². The number of carbonyl (C=O) groups is 2. The van der Waals surface area contributed by atoms with Crippen LogP contribution in [0.15, 0.2) is 42.5 Å². The maximum atomic E-state index is 14.1. The molecule has 0 unspecified atom stereocenters. The third-order valence-corrected chi connectivity index (χ3v) is 4.58. The number of anilines is 2. The van der Waals surface area contributed by atoms with Crippen LogP contribution >= 0.6 is 0 Å². The number of rotatable bonds is 4. The van der Waals surface area contributed by atoms with Crippen molar-refractivity contribution in [2.75, 3.05) is 12.4 Å². The Balaban J connectivity index is 1.76. The lowest BCUT2D eigenvalue weighted by molar-refractivity contribution is 0.0690. The Labute approximate surface area is 163 Å². The molecule has 0 spiro atoms. The molecule has 0 saturated heterocycles. The summed E-state index contributed by atoms with van der Waals surface area (Å²) in [7, 11) is 1.68. The zero-order valence-electron chi connectivity index (χ0n) is 15.1. The van der Waals surface area contributed by atoms with E-state index in [1.807, 2.05) is 0 Å². The summed E-state index contributed by atoms with van der Waals surface area (Å²) in [6, 6.07) is 9.56. The van der Waals surface area contributed by atoms with Gasteiger partial charge in [-0.2, -0.15) is 0 Å². The summed E-state index contributed by atoms with van der Waals surface area (Å²) in [6.45, 7) is 0.426. The summed E-state index contributed by atoms with van der Waals surface area (Å²) < 4.78 is 28.2. The van der Waals surface area contributed by atoms with Gasteiger partial charge in [-0.25, -0.2) is 13.6 Å². The van der Waals surface area contributed by atoms with Crippen molar-refractivity contribution in [1.29, 1.82) is 0 Å². The summed E-state index contributed by atoms with van der Waals surface area (Å²) in [4.78, 5) is 25.1. The van der Waals surface area contributed by atoms with Gasteiger partial charge in [0.25, 0.3) is 5.91 Å². The molecule has 146 valence electrons. The van der Waals surface area contributed by atoms with Crippen LogP contribution in [0.4, 0.5) is 20.2 Å². The first kappa shape index (κ1) is 18.5.